The van der Waals surface area contributed by atoms with Crippen LogP contribution in [-0.2, 0) is 11.2 Å². The molecule has 1 aliphatic heterocycles. The predicted octanol–water partition coefficient (Wildman–Crippen LogP) is 1.37. The first kappa shape index (κ1) is 17.4. The highest BCUT2D eigenvalue weighted by Gasteiger charge is 2.23. The summed E-state index contributed by atoms with van der Waals surface area (Å²) in [6.45, 7) is 4.03. The number of benzene rings is 1. The van der Waals surface area contributed by atoms with E-state index in [1.807, 2.05) is 12.1 Å². The van der Waals surface area contributed by atoms with Crippen molar-refractivity contribution < 1.29 is 19.0 Å². The average molecular weight is 322 g/mol. The van der Waals surface area contributed by atoms with Crippen LogP contribution in [0.5, 0.6) is 17.2 Å². The first-order valence-electron chi connectivity index (χ1n) is 7.88. The van der Waals surface area contributed by atoms with Crippen LogP contribution in [0.3, 0.4) is 0 Å². The Labute approximate surface area is 137 Å². The lowest BCUT2D eigenvalue weighted by atomic mass is 9.95. The minimum atomic E-state index is 0.0121. The molecule has 6 heteroatoms. The number of amides is 1. The van der Waals surface area contributed by atoms with Crippen LogP contribution in [0.2, 0.25) is 0 Å². The van der Waals surface area contributed by atoms with Crippen LogP contribution in [0.4, 0.5) is 0 Å². The average Bonchev–Trinajstić information content (AvgIpc) is 2.55. The van der Waals surface area contributed by atoms with Crippen molar-refractivity contribution in [1.82, 2.24) is 10.6 Å². The van der Waals surface area contributed by atoms with Crippen molar-refractivity contribution in [2.24, 2.45) is 5.92 Å². The van der Waals surface area contributed by atoms with E-state index in [-0.39, 0.29) is 18.4 Å². The topological polar surface area (TPSA) is 68.8 Å². The zero-order valence-electron chi connectivity index (χ0n) is 14.3. The summed E-state index contributed by atoms with van der Waals surface area (Å²) in [5.74, 6) is 2.10. The SMILES string of the molecule is COc1cc(CC(=O)NC2CCNCC2C)cc(OC)c1OC. The van der Waals surface area contributed by atoms with Gasteiger partial charge in [0, 0.05) is 6.04 Å². The number of hydrogen-bond acceptors (Lipinski definition) is 5. The summed E-state index contributed by atoms with van der Waals surface area (Å²) >= 11 is 0. The Morgan fingerprint density at radius 2 is 1.87 bits per heavy atom. The molecule has 2 rings (SSSR count). The Balaban J connectivity index is 2.08. The molecule has 1 heterocycles. The van der Waals surface area contributed by atoms with E-state index in [1.54, 1.807) is 21.3 Å². The van der Waals surface area contributed by atoms with Gasteiger partial charge in [-0.15, -0.1) is 0 Å². The van der Waals surface area contributed by atoms with Crippen LogP contribution in [0, 0.1) is 5.92 Å². The summed E-state index contributed by atoms with van der Waals surface area (Å²) < 4.78 is 15.9. The minimum absolute atomic E-state index is 0.0121. The van der Waals surface area contributed by atoms with Crippen molar-refractivity contribution in [3.05, 3.63) is 17.7 Å². The van der Waals surface area contributed by atoms with E-state index >= 15 is 0 Å². The number of nitrogens with one attached hydrogen (secondary N) is 2. The highest BCUT2D eigenvalue weighted by Crippen LogP contribution is 2.38. The third kappa shape index (κ3) is 4.28. The lowest BCUT2D eigenvalue weighted by Crippen LogP contribution is -2.48. The zero-order chi connectivity index (χ0) is 16.8. The van der Waals surface area contributed by atoms with E-state index < -0.39 is 0 Å². The number of methoxy groups -OCH3 is 3. The molecule has 0 aliphatic carbocycles. The smallest absolute Gasteiger partial charge is 0.224 e. The van der Waals surface area contributed by atoms with Crippen LogP contribution >= 0.6 is 0 Å². The number of carbonyl (C=O) groups is 1. The second kappa shape index (κ2) is 8.06. The molecule has 128 valence electrons. The van der Waals surface area contributed by atoms with E-state index in [0.717, 1.165) is 25.1 Å². The Kier molecular flexibility index (Phi) is 6.10. The Bertz CT molecular complexity index is 522. The molecule has 6 nitrogen and oxygen atoms in total. The summed E-state index contributed by atoms with van der Waals surface area (Å²) in [5, 5.41) is 6.46. The molecule has 2 N–H and O–H groups in total. The maximum Gasteiger partial charge on any atom is 0.224 e. The molecular formula is C17H26N2O4. The standard InChI is InChI=1S/C17H26N2O4/c1-11-10-18-6-5-13(11)19-16(20)9-12-7-14(21-2)17(23-4)15(8-12)22-3/h7-8,11,13,18H,5-6,9-10H2,1-4H3,(H,19,20). The van der Waals surface area contributed by atoms with Crippen molar-refractivity contribution in [3.63, 3.8) is 0 Å². The van der Waals surface area contributed by atoms with Gasteiger partial charge in [-0.1, -0.05) is 6.92 Å². The quantitative estimate of drug-likeness (QED) is 0.828. The molecule has 1 amide bonds. The van der Waals surface area contributed by atoms with Crippen LogP contribution in [0.1, 0.15) is 18.9 Å². The van der Waals surface area contributed by atoms with Crippen molar-refractivity contribution in [2.45, 2.75) is 25.8 Å². The lowest BCUT2D eigenvalue weighted by molar-refractivity contribution is -0.121. The number of hydrogen-bond donors (Lipinski definition) is 2. The van der Waals surface area contributed by atoms with Gasteiger partial charge in [0.05, 0.1) is 27.8 Å². The molecule has 2 unspecified atom stereocenters. The van der Waals surface area contributed by atoms with Crippen molar-refractivity contribution >= 4 is 5.91 Å². The molecule has 0 radical (unpaired) electrons. The van der Waals surface area contributed by atoms with Gasteiger partial charge >= 0.3 is 0 Å². The summed E-state index contributed by atoms with van der Waals surface area (Å²) in [6.07, 6.45) is 1.25. The molecule has 1 saturated heterocycles. The van der Waals surface area contributed by atoms with E-state index in [4.69, 9.17) is 14.2 Å². The van der Waals surface area contributed by atoms with Crippen molar-refractivity contribution in [2.75, 3.05) is 34.4 Å². The second-order valence-electron chi connectivity index (χ2n) is 5.85. The van der Waals surface area contributed by atoms with Crippen LogP contribution in [0.15, 0.2) is 12.1 Å². The van der Waals surface area contributed by atoms with Crippen LogP contribution in [0.25, 0.3) is 0 Å². The summed E-state index contributed by atoms with van der Waals surface area (Å²) in [7, 11) is 4.70. The third-order valence-electron chi connectivity index (χ3n) is 4.22. The summed E-state index contributed by atoms with van der Waals surface area (Å²) in [4.78, 5) is 12.3. The van der Waals surface area contributed by atoms with E-state index in [9.17, 15) is 4.79 Å². The van der Waals surface area contributed by atoms with E-state index in [1.165, 1.54) is 0 Å². The summed E-state index contributed by atoms with van der Waals surface area (Å²) in [6, 6.07) is 3.85. The number of ether oxygens (including phenoxy) is 3. The van der Waals surface area contributed by atoms with Crippen molar-refractivity contribution in [3.8, 4) is 17.2 Å². The molecule has 23 heavy (non-hydrogen) atoms. The lowest BCUT2D eigenvalue weighted by Gasteiger charge is -2.30. The first-order valence-corrected chi connectivity index (χ1v) is 7.88. The predicted molar refractivity (Wildman–Crippen MR) is 88.4 cm³/mol. The van der Waals surface area contributed by atoms with Gasteiger partial charge in [-0.05, 0) is 43.1 Å². The fraction of sp³-hybridized carbons (Fsp3) is 0.588. The molecule has 0 aromatic heterocycles. The van der Waals surface area contributed by atoms with Gasteiger partial charge in [0.15, 0.2) is 11.5 Å². The third-order valence-corrected chi connectivity index (χ3v) is 4.22. The van der Waals surface area contributed by atoms with Gasteiger partial charge in [0.2, 0.25) is 11.7 Å². The largest absolute Gasteiger partial charge is 0.493 e. The zero-order valence-corrected chi connectivity index (χ0v) is 14.3. The Hall–Kier alpha value is -1.95. The molecule has 0 spiro atoms. The van der Waals surface area contributed by atoms with E-state index in [2.05, 4.69) is 17.6 Å². The molecule has 1 aromatic rings. The van der Waals surface area contributed by atoms with Gasteiger partial charge in [0.25, 0.3) is 0 Å². The fourth-order valence-electron chi connectivity index (χ4n) is 2.91. The fourth-order valence-corrected chi connectivity index (χ4v) is 2.91. The first-order chi connectivity index (χ1) is 11.1. The van der Waals surface area contributed by atoms with Crippen LogP contribution in [-0.4, -0.2) is 46.4 Å². The second-order valence-corrected chi connectivity index (χ2v) is 5.85. The van der Waals surface area contributed by atoms with Gasteiger partial charge in [0.1, 0.15) is 0 Å². The molecule has 0 bridgehead atoms. The highest BCUT2D eigenvalue weighted by molar-refractivity contribution is 5.79. The molecular weight excluding hydrogens is 296 g/mol. The molecule has 2 atom stereocenters. The number of piperidine rings is 1. The summed E-state index contributed by atoms with van der Waals surface area (Å²) in [5.41, 5.74) is 0.832. The van der Waals surface area contributed by atoms with Gasteiger partial charge in [-0.2, -0.15) is 0 Å². The molecule has 1 fully saturated rings. The maximum atomic E-state index is 12.3. The molecule has 1 aromatic carbocycles. The van der Waals surface area contributed by atoms with E-state index in [0.29, 0.717) is 23.2 Å². The Morgan fingerprint density at radius 1 is 1.22 bits per heavy atom. The van der Waals surface area contributed by atoms with Crippen molar-refractivity contribution in [1.29, 1.82) is 0 Å². The normalized spacial score (nSPS) is 20.7. The Morgan fingerprint density at radius 3 is 2.39 bits per heavy atom. The maximum absolute atomic E-state index is 12.3. The molecule has 0 saturated carbocycles. The van der Waals surface area contributed by atoms with Gasteiger partial charge < -0.3 is 24.8 Å². The number of carbonyl (C=O) groups excluding carboxylic acids is 1. The minimum Gasteiger partial charge on any atom is -0.493 e. The number of rotatable bonds is 6. The monoisotopic (exact) mass is 322 g/mol. The molecule has 1 aliphatic rings. The van der Waals surface area contributed by atoms with Crippen LogP contribution < -0.4 is 24.8 Å². The van der Waals surface area contributed by atoms with Gasteiger partial charge in [-0.25, -0.2) is 0 Å². The highest BCUT2D eigenvalue weighted by atomic mass is 16.5. The van der Waals surface area contributed by atoms with Gasteiger partial charge in [-0.3, -0.25) is 4.79 Å².